The normalized spacial score (nSPS) is 12.6. The van der Waals surface area contributed by atoms with E-state index in [1.807, 2.05) is 7.05 Å². The molecule has 0 bridgehead atoms. The standard InChI is InChI=1S/C15H25NO2/c1-16-13-15(14-7-4-3-5-8-14)9-6-10-18-12-11-17-2/h3-5,7-8,15-16H,6,9-13H2,1-2H3. The Morgan fingerprint density at radius 3 is 2.56 bits per heavy atom. The van der Waals surface area contributed by atoms with E-state index in [1.54, 1.807) is 7.11 Å². The second-order valence-corrected chi connectivity index (χ2v) is 4.41. The van der Waals surface area contributed by atoms with Crippen molar-refractivity contribution in [1.82, 2.24) is 5.32 Å². The van der Waals surface area contributed by atoms with Crippen LogP contribution in [-0.4, -0.2) is 40.5 Å². The third-order valence-corrected chi connectivity index (χ3v) is 2.99. The minimum atomic E-state index is 0.572. The Hall–Kier alpha value is -0.900. The molecule has 0 spiro atoms. The summed E-state index contributed by atoms with van der Waals surface area (Å²) in [4.78, 5) is 0. The average Bonchev–Trinajstić information content (AvgIpc) is 2.42. The van der Waals surface area contributed by atoms with Crippen molar-refractivity contribution in [3.8, 4) is 0 Å². The molecule has 3 heteroatoms. The van der Waals surface area contributed by atoms with Gasteiger partial charge in [0, 0.05) is 20.3 Å². The Labute approximate surface area is 110 Å². The van der Waals surface area contributed by atoms with Crippen LogP contribution in [0.15, 0.2) is 30.3 Å². The zero-order valence-corrected chi connectivity index (χ0v) is 11.5. The fourth-order valence-electron chi connectivity index (χ4n) is 2.03. The lowest BCUT2D eigenvalue weighted by molar-refractivity contribution is 0.0681. The van der Waals surface area contributed by atoms with E-state index in [-0.39, 0.29) is 0 Å². The Morgan fingerprint density at radius 2 is 1.89 bits per heavy atom. The summed E-state index contributed by atoms with van der Waals surface area (Å²) in [6, 6.07) is 10.7. The smallest absolute Gasteiger partial charge is 0.0700 e. The van der Waals surface area contributed by atoms with Gasteiger partial charge in [0.2, 0.25) is 0 Å². The first-order valence-corrected chi connectivity index (χ1v) is 6.64. The molecule has 0 aliphatic carbocycles. The number of hydrogen-bond acceptors (Lipinski definition) is 3. The summed E-state index contributed by atoms with van der Waals surface area (Å²) in [6.07, 6.45) is 2.24. The second-order valence-electron chi connectivity index (χ2n) is 4.41. The van der Waals surface area contributed by atoms with Crippen molar-refractivity contribution in [2.75, 3.05) is 40.5 Å². The number of hydrogen-bond donors (Lipinski definition) is 1. The highest BCUT2D eigenvalue weighted by molar-refractivity contribution is 5.19. The molecule has 0 saturated carbocycles. The van der Waals surface area contributed by atoms with Crippen LogP contribution in [-0.2, 0) is 9.47 Å². The fraction of sp³-hybridized carbons (Fsp3) is 0.600. The van der Waals surface area contributed by atoms with E-state index in [1.165, 1.54) is 5.56 Å². The van der Waals surface area contributed by atoms with Crippen LogP contribution in [0.2, 0.25) is 0 Å². The van der Waals surface area contributed by atoms with Crippen LogP contribution in [0.4, 0.5) is 0 Å². The van der Waals surface area contributed by atoms with Crippen LogP contribution in [0.3, 0.4) is 0 Å². The molecule has 0 aliphatic rings. The number of benzene rings is 1. The maximum Gasteiger partial charge on any atom is 0.0700 e. The minimum Gasteiger partial charge on any atom is -0.382 e. The van der Waals surface area contributed by atoms with Gasteiger partial charge in [0.1, 0.15) is 0 Å². The van der Waals surface area contributed by atoms with E-state index in [2.05, 4.69) is 35.6 Å². The first kappa shape index (κ1) is 15.2. The highest BCUT2D eigenvalue weighted by Crippen LogP contribution is 2.20. The van der Waals surface area contributed by atoms with Gasteiger partial charge in [-0.3, -0.25) is 0 Å². The molecule has 1 aromatic rings. The van der Waals surface area contributed by atoms with Gasteiger partial charge in [0.25, 0.3) is 0 Å². The van der Waals surface area contributed by atoms with Crippen LogP contribution in [0.5, 0.6) is 0 Å². The molecular weight excluding hydrogens is 226 g/mol. The molecule has 1 rings (SSSR count). The lowest BCUT2D eigenvalue weighted by Crippen LogP contribution is -2.17. The molecule has 0 amide bonds. The van der Waals surface area contributed by atoms with Crippen LogP contribution in [0.1, 0.15) is 24.3 Å². The van der Waals surface area contributed by atoms with E-state index in [4.69, 9.17) is 9.47 Å². The van der Waals surface area contributed by atoms with Crippen LogP contribution in [0.25, 0.3) is 0 Å². The highest BCUT2D eigenvalue weighted by atomic mass is 16.5. The number of rotatable bonds is 10. The lowest BCUT2D eigenvalue weighted by atomic mass is 9.94. The summed E-state index contributed by atoms with van der Waals surface area (Å²) < 4.78 is 10.4. The average molecular weight is 251 g/mol. The molecule has 1 atom stereocenters. The Bertz CT molecular complexity index is 290. The maximum atomic E-state index is 5.49. The van der Waals surface area contributed by atoms with E-state index in [0.717, 1.165) is 26.0 Å². The minimum absolute atomic E-state index is 0.572. The van der Waals surface area contributed by atoms with Gasteiger partial charge in [-0.15, -0.1) is 0 Å². The Balaban J connectivity index is 2.26. The van der Waals surface area contributed by atoms with Crippen molar-refractivity contribution in [2.45, 2.75) is 18.8 Å². The lowest BCUT2D eigenvalue weighted by Gasteiger charge is -2.17. The topological polar surface area (TPSA) is 30.5 Å². The third-order valence-electron chi connectivity index (χ3n) is 2.99. The first-order valence-electron chi connectivity index (χ1n) is 6.64. The number of ether oxygens (including phenoxy) is 2. The van der Waals surface area contributed by atoms with Gasteiger partial charge in [-0.25, -0.2) is 0 Å². The molecule has 0 saturated heterocycles. The largest absolute Gasteiger partial charge is 0.382 e. The monoisotopic (exact) mass is 251 g/mol. The summed E-state index contributed by atoms with van der Waals surface area (Å²) in [5, 5.41) is 3.27. The molecule has 18 heavy (non-hydrogen) atoms. The van der Waals surface area contributed by atoms with Gasteiger partial charge < -0.3 is 14.8 Å². The SMILES string of the molecule is CNCC(CCCOCCOC)c1ccccc1. The molecular formula is C15H25NO2. The Kier molecular flexibility index (Phi) is 8.47. The predicted octanol–water partition coefficient (Wildman–Crippen LogP) is 2.43. The van der Waals surface area contributed by atoms with Gasteiger partial charge in [0.15, 0.2) is 0 Å². The van der Waals surface area contributed by atoms with Crippen molar-refractivity contribution in [2.24, 2.45) is 0 Å². The number of methoxy groups -OCH3 is 1. The number of likely N-dealkylation sites (N-methyl/N-ethyl adjacent to an activating group) is 1. The van der Waals surface area contributed by atoms with Gasteiger partial charge in [-0.05, 0) is 31.4 Å². The third kappa shape index (κ3) is 6.15. The highest BCUT2D eigenvalue weighted by Gasteiger charge is 2.09. The summed E-state index contributed by atoms with van der Waals surface area (Å²) in [5.74, 6) is 0.572. The second kappa shape index (κ2) is 10.1. The van der Waals surface area contributed by atoms with Crippen molar-refractivity contribution in [3.05, 3.63) is 35.9 Å². The van der Waals surface area contributed by atoms with Gasteiger partial charge in [0.05, 0.1) is 13.2 Å². The van der Waals surface area contributed by atoms with E-state index < -0.39 is 0 Å². The van der Waals surface area contributed by atoms with Gasteiger partial charge in [-0.2, -0.15) is 0 Å². The van der Waals surface area contributed by atoms with Crippen molar-refractivity contribution in [3.63, 3.8) is 0 Å². The number of nitrogens with one attached hydrogen (secondary N) is 1. The van der Waals surface area contributed by atoms with Gasteiger partial charge >= 0.3 is 0 Å². The van der Waals surface area contributed by atoms with E-state index >= 15 is 0 Å². The predicted molar refractivity (Wildman–Crippen MR) is 75.0 cm³/mol. The summed E-state index contributed by atoms with van der Waals surface area (Å²) in [7, 11) is 3.70. The molecule has 102 valence electrons. The van der Waals surface area contributed by atoms with Crippen molar-refractivity contribution in [1.29, 1.82) is 0 Å². The summed E-state index contributed by atoms with van der Waals surface area (Å²) in [5.41, 5.74) is 1.41. The van der Waals surface area contributed by atoms with Crippen LogP contribution < -0.4 is 5.32 Å². The van der Waals surface area contributed by atoms with Crippen molar-refractivity contribution < 1.29 is 9.47 Å². The molecule has 0 heterocycles. The molecule has 0 radical (unpaired) electrons. The summed E-state index contributed by atoms with van der Waals surface area (Å²) >= 11 is 0. The van der Waals surface area contributed by atoms with E-state index in [0.29, 0.717) is 19.1 Å². The quantitative estimate of drug-likeness (QED) is 0.648. The van der Waals surface area contributed by atoms with E-state index in [9.17, 15) is 0 Å². The Morgan fingerprint density at radius 1 is 1.11 bits per heavy atom. The zero-order chi connectivity index (χ0) is 13.1. The molecule has 0 fully saturated rings. The maximum absolute atomic E-state index is 5.49. The zero-order valence-electron chi connectivity index (χ0n) is 11.5. The summed E-state index contributed by atoms with van der Waals surface area (Å²) in [6.45, 7) is 3.20. The van der Waals surface area contributed by atoms with Crippen molar-refractivity contribution >= 4 is 0 Å². The molecule has 1 aromatic carbocycles. The van der Waals surface area contributed by atoms with Gasteiger partial charge in [-0.1, -0.05) is 30.3 Å². The first-order chi connectivity index (χ1) is 8.88. The molecule has 0 aliphatic heterocycles. The molecule has 0 aromatic heterocycles. The fourth-order valence-corrected chi connectivity index (χ4v) is 2.03. The molecule has 1 unspecified atom stereocenters. The molecule has 1 N–H and O–H groups in total. The van der Waals surface area contributed by atoms with Crippen LogP contribution >= 0.6 is 0 Å². The molecule has 3 nitrogen and oxygen atoms in total. The van der Waals surface area contributed by atoms with Crippen LogP contribution in [0, 0.1) is 0 Å².